The number of aromatic nitrogens is 4. The molecule has 2 aliphatic heterocycles. The van der Waals surface area contributed by atoms with Crippen molar-refractivity contribution in [1.82, 2.24) is 19.5 Å². The van der Waals surface area contributed by atoms with Crippen LogP contribution in [0.4, 0.5) is 40.8 Å². The molecule has 1 aromatic carbocycles. The maximum atomic E-state index is 14.8. The van der Waals surface area contributed by atoms with Gasteiger partial charge >= 0.3 is 6.18 Å². The lowest BCUT2D eigenvalue weighted by Crippen LogP contribution is -2.48. The van der Waals surface area contributed by atoms with Gasteiger partial charge in [-0.25, -0.2) is 19.3 Å². The highest BCUT2D eigenvalue weighted by atomic mass is 19.4. The second-order valence-corrected chi connectivity index (χ2v) is 9.59. The zero-order valence-electron chi connectivity index (χ0n) is 20.8. The summed E-state index contributed by atoms with van der Waals surface area (Å²) in [7, 11) is 1.85. The van der Waals surface area contributed by atoms with E-state index in [1.165, 1.54) is 6.08 Å². The Labute approximate surface area is 216 Å². The number of rotatable bonds is 6. The summed E-state index contributed by atoms with van der Waals surface area (Å²) in [5.41, 5.74) is 2.04. The van der Waals surface area contributed by atoms with Crippen molar-refractivity contribution < 1.29 is 22.4 Å². The lowest BCUT2D eigenvalue weighted by atomic mass is 10.0. The van der Waals surface area contributed by atoms with Gasteiger partial charge in [-0.3, -0.25) is 4.79 Å². The smallest absolute Gasteiger partial charge is 0.370 e. The lowest BCUT2D eigenvalue weighted by Gasteiger charge is -2.35. The Morgan fingerprint density at radius 2 is 1.84 bits per heavy atom. The number of amides is 1. The van der Waals surface area contributed by atoms with Crippen molar-refractivity contribution >= 4 is 40.2 Å². The first kappa shape index (κ1) is 25.7. The summed E-state index contributed by atoms with van der Waals surface area (Å²) in [6.07, 6.45) is -0.833. The van der Waals surface area contributed by atoms with Crippen LogP contribution >= 0.6 is 0 Å². The maximum Gasteiger partial charge on any atom is 0.419 e. The average Bonchev–Trinajstić information content (AvgIpc) is 3.51. The second-order valence-electron chi connectivity index (χ2n) is 9.59. The Morgan fingerprint density at radius 1 is 1.13 bits per heavy atom. The van der Waals surface area contributed by atoms with E-state index < -0.39 is 24.0 Å². The standard InChI is InChI=1S/C25H28F4N8O/c1-3-22(38)33-19-9-18-20(10-21(19)36-6-4-5-7-36)35(2)24(34-18)37-13-16(26)8-17(14-37)32-23-30-11-15(12-31-23)25(27,28)29/h3,9-12,16-17H,1,4-8,13-14H2,2H3,(H,33,38)(H,30,31,32)/t16-,17-/m1/s1. The largest absolute Gasteiger partial charge is 0.419 e. The van der Waals surface area contributed by atoms with Gasteiger partial charge in [0.25, 0.3) is 0 Å². The summed E-state index contributed by atoms with van der Waals surface area (Å²) in [4.78, 5) is 28.4. The predicted molar refractivity (Wildman–Crippen MR) is 137 cm³/mol. The molecule has 2 atom stereocenters. The first-order valence-corrected chi connectivity index (χ1v) is 12.4. The highest BCUT2D eigenvalue weighted by molar-refractivity contribution is 6.03. The van der Waals surface area contributed by atoms with Crippen molar-refractivity contribution in [3.8, 4) is 0 Å². The molecule has 0 saturated carbocycles. The Morgan fingerprint density at radius 3 is 2.50 bits per heavy atom. The molecular formula is C25H28F4N8O. The van der Waals surface area contributed by atoms with Gasteiger partial charge in [0.1, 0.15) is 6.17 Å². The summed E-state index contributed by atoms with van der Waals surface area (Å²) in [6.45, 7) is 5.75. The third kappa shape index (κ3) is 5.22. The van der Waals surface area contributed by atoms with Crippen LogP contribution in [0.3, 0.4) is 0 Å². The molecule has 9 nitrogen and oxygen atoms in total. The summed E-state index contributed by atoms with van der Waals surface area (Å²) in [6, 6.07) is 3.35. The molecule has 4 heterocycles. The van der Waals surface area contributed by atoms with Crippen LogP contribution in [0.15, 0.2) is 37.2 Å². The van der Waals surface area contributed by atoms with E-state index in [1.807, 2.05) is 23.7 Å². The van der Waals surface area contributed by atoms with Crippen molar-refractivity contribution in [2.45, 2.75) is 37.7 Å². The molecule has 0 spiro atoms. The number of hydrogen-bond donors (Lipinski definition) is 2. The number of halogens is 4. The molecule has 2 saturated heterocycles. The minimum absolute atomic E-state index is 0.0000848. The Bertz CT molecular complexity index is 1330. The van der Waals surface area contributed by atoms with Gasteiger partial charge in [0.2, 0.25) is 17.8 Å². The van der Waals surface area contributed by atoms with Crippen LogP contribution in [-0.2, 0) is 18.0 Å². The fourth-order valence-corrected chi connectivity index (χ4v) is 5.04. The van der Waals surface area contributed by atoms with Crippen LogP contribution in [-0.4, -0.2) is 63.8 Å². The van der Waals surface area contributed by atoms with E-state index in [-0.39, 0.29) is 24.8 Å². The molecule has 2 aromatic heterocycles. The number of benzene rings is 1. The van der Waals surface area contributed by atoms with Gasteiger partial charge in [-0.2, -0.15) is 13.2 Å². The Balaban J connectivity index is 1.41. The molecule has 0 radical (unpaired) electrons. The second kappa shape index (κ2) is 10.1. The summed E-state index contributed by atoms with van der Waals surface area (Å²) in [5, 5.41) is 5.83. The number of anilines is 4. The average molecular weight is 533 g/mol. The van der Waals surface area contributed by atoms with Gasteiger partial charge in [-0.15, -0.1) is 0 Å². The van der Waals surface area contributed by atoms with E-state index in [0.29, 0.717) is 36.1 Å². The van der Waals surface area contributed by atoms with Crippen molar-refractivity contribution in [3.63, 3.8) is 0 Å². The summed E-state index contributed by atoms with van der Waals surface area (Å²) in [5.74, 6) is 0.221. The molecule has 2 fully saturated rings. The van der Waals surface area contributed by atoms with Gasteiger partial charge in [-0.1, -0.05) is 6.58 Å². The molecule has 38 heavy (non-hydrogen) atoms. The molecule has 1 amide bonds. The number of alkyl halides is 4. The molecule has 5 rings (SSSR count). The van der Waals surface area contributed by atoms with E-state index >= 15 is 0 Å². The number of aryl methyl sites for hydroxylation is 1. The van der Waals surface area contributed by atoms with Gasteiger partial charge in [0, 0.05) is 51.5 Å². The predicted octanol–water partition coefficient (Wildman–Crippen LogP) is 4.14. The molecule has 13 heteroatoms. The molecule has 0 unspecified atom stereocenters. The first-order valence-electron chi connectivity index (χ1n) is 12.4. The maximum absolute atomic E-state index is 14.8. The Kier molecular flexibility index (Phi) is 6.84. The molecule has 0 aliphatic carbocycles. The highest BCUT2D eigenvalue weighted by Gasteiger charge is 2.33. The van der Waals surface area contributed by atoms with Gasteiger partial charge in [0.15, 0.2) is 0 Å². The molecule has 2 N–H and O–H groups in total. The van der Waals surface area contributed by atoms with Gasteiger partial charge in [-0.05, 0) is 31.1 Å². The van der Waals surface area contributed by atoms with Crippen LogP contribution in [0.1, 0.15) is 24.8 Å². The molecule has 2 aliphatic rings. The lowest BCUT2D eigenvalue weighted by molar-refractivity contribution is -0.138. The molecule has 202 valence electrons. The van der Waals surface area contributed by atoms with E-state index in [2.05, 4.69) is 32.1 Å². The van der Waals surface area contributed by atoms with Gasteiger partial charge in [0.05, 0.1) is 34.5 Å². The van der Waals surface area contributed by atoms with Crippen molar-refractivity contribution in [3.05, 3.63) is 42.7 Å². The fourth-order valence-electron chi connectivity index (χ4n) is 5.04. The SMILES string of the molecule is C=CC(=O)Nc1cc2nc(N3C[C@H](F)C[C@@H](Nc4ncc(C(F)(F)F)cn4)C3)n(C)c2cc1N1CCCC1. The van der Waals surface area contributed by atoms with E-state index in [0.717, 1.165) is 37.1 Å². The number of nitrogens with one attached hydrogen (secondary N) is 2. The minimum atomic E-state index is -4.53. The number of nitrogens with zero attached hydrogens (tertiary/aromatic N) is 6. The van der Waals surface area contributed by atoms with Crippen LogP contribution in [0.25, 0.3) is 11.0 Å². The van der Waals surface area contributed by atoms with Crippen molar-refractivity contribution in [2.24, 2.45) is 7.05 Å². The number of hydrogen-bond acceptors (Lipinski definition) is 7. The third-order valence-corrected chi connectivity index (χ3v) is 6.86. The summed E-state index contributed by atoms with van der Waals surface area (Å²) < 4.78 is 55.2. The van der Waals surface area contributed by atoms with Gasteiger partial charge < -0.3 is 25.0 Å². The topological polar surface area (TPSA) is 91.2 Å². The van der Waals surface area contributed by atoms with Crippen LogP contribution in [0, 0.1) is 0 Å². The zero-order chi connectivity index (χ0) is 27.0. The molecule has 3 aromatic rings. The van der Waals surface area contributed by atoms with Crippen LogP contribution < -0.4 is 20.4 Å². The number of imidazole rings is 1. The van der Waals surface area contributed by atoms with E-state index in [4.69, 9.17) is 4.98 Å². The monoisotopic (exact) mass is 532 g/mol. The minimum Gasteiger partial charge on any atom is -0.370 e. The van der Waals surface area contributed by atoms with E-state index in [1.54, 1.807) is 4.90 Å². The van der Waals surface area contributed by atoms with Crippen molar-refractivity contribution in [2.75, 3.05) is 46.6 Å². The number of piperidine rings is 1. The summed E-state index contributed by atoms with van der Waals surface area (Å²) >= 11 is 0. The number of carbonyl (C=O) groups is 1. The quantitative estimate of drug-likeness (QED) is 0.364. The number of fused-ring (bicyclic) bond motifs is 1. The Hall–Kier alpha value is -3.90. The molecule has 0 bridgehead atoms. The fraction of sp³-hybridized carbons (Fsp3) is 0.440. The molecular weight excluding hydrogens is 504 g/mol. The van der Waals surface area contributed by atoms with Crippen LogP contribution in [0.5, 0.6) is 0 Å². The van der Waals surface area contributed by atoms with Crippen LogP contribution in [0.2, 0.25) is 0 Å². The highest BCUT2D eigenvalue weighted by Crippen LogP contribution is 2.36. The van der Waals surface area contributed by atoms with Crippen molar-refractivity contribution in [1.29, 1.82) is 0 Å². The van der Waals surface area contributed by atoms with E-state index in [9.17, 15) is 22.4 Å². The number of carbonyl (C=O) groups excluding carboxylic acids is 1. The third-order valence-electron chi connectivity index (χ3n) is 6.86. The normalized spacial score (nSPS) is 20.1. The first-order chi connectivity index (χ1) is 18.1. The zero-order valence-corrected chi connectivity index (χ0v) is 20.8.